The van der Waals surface area contributed by atoms with Crippen LogP contribution >= 0.6 is 11.6 Å². The number of carbonyl (C=O) groups excluding carboxylic acids is 1. The fraction of sp³-hybridized carbons (Fsp3) is 0.188. The lowest BCUT2D eigenvalue weighted by Gasteiger charge is -2.09. The van der Waals surface area contributed by atoms with Gasteiger partial charge in [-0.1, -0.05) is 35.4 Å². The van der Waals surface area contributed by atoms with Gasteiger partial charge in [0.15, 0.2) is 11.6 Å². The Kier molecular flexibility index (Phi) is 4.40. The highest BCUT2D eigenvalue weighted by molar-refractivity contribution is 6.31. The Balaban J connectivity index is 2.32. The van der Waals surface area contributed by atoms with Gasteiger partial charge in [-0.25, -0.2) is 4.39 Å². The molecule has 2 nitrogen and oxygen atoms in total. The second-order valence-electron chi connectivity index (χ2n) is 4.52. The molecule has 0 N–H and O–H groups in total. The highest BCUT2D eigenvalue weighted by atomic mass is 35.5. The second kappa shape index (κ2) is 6.06. The van der Waals surface area contributed by atoms with Crippen LogP contribution in [0.5, 0.6) is 5.75 Å². The Morgan fingerprint density at radius 2 is 2.05 bits per heavy atom. The van der Waals surface area contributed by atoms with Gasteiger partial charge in [0.2, 0.25) is 0 Å². The zero-order valence-corrected chi connectivity index (χ0v) is 12.0. The highest BCUT2D eigenvalue weighted by Gasteiger charge is 2.16. The molecule has 0 heterocycles. The number of hydrogen-bond donors (Lipinski definition) is 0. The predicted octanol–water partition coefficient (Wildman–Crippen LogP) is 4.22. The number of halogens is 2. The molecule has 0 amide bonds. The topological polar surface area (TPSA) is 26.3 Å². The van der Waals surface area contributed by atoms with Gasteiger partial charge in [0.05, 0.1) is 17.7 Å². The molecule has 2 aromatic rings. The van der Waals surface area contributed by atoms with Crippen LogP contribution in [-0.4, -0.2) is 12.9 Å². The molecular formula is C16H14ClFO2. The summed E-state index contributed by atoms with van der Waals surface area (Å²) < 4.78 is 19.1. The Labute approximate surface area is 122 Å². The molecule has 0 atom stereocenters. The van der Waals surface area contributed by atoms with E-state index < -0.39 is 5.82 Å². The van der Waals surface area contributed by atoms with Gasteiger partial charge in [-0.15, -0.1) is 0 Å². The van der Waals surface area contributed by atoms with Crippen molar-refractivity contribution in [3.63, 3.8) is 0 Å². The summed E-state index contributed by atoms with van der Waals surface area (Å²) in [6.45, 7) is 1.92. The second-order valence-corrected chi connectivity index (χ2v) is 4.92. The molecule has 0 fully saturated rings. The van der Waals surface area contributed by atoms with Gasteiger partial charge in [0.1, 0.15) is 5.75 Å². The third-order valence-electron chi connectivity index (χ3n) is 3.04. The van der Waals surface area contributed by atoms with Crippen LogP contribution in [0.1, 0.15) is 21.5 Å². The molecule has 2 rings (SSSR count). The van der Waals surface area contributed by atoms with Gasteiger partial charge in [0.25, 0.3) is 0 Å². The minimum absolute atomic E-state index is 0.000981. The number of benzene rings is 2. The van der Waals surface area contributed by atoms with E-state index in [1.54, 1.807) is 19.2 Å². The van der Waals surface area contributed by atoms with Gasteiger partial charge in [0, 0.05) is 12.0 Å². The van der Waals surface area contributed by atoms with Crippen molar-refractivity contribution in [2.75, 3.05) is 7.11 Å². The summed E-state index contributed by atoms with van der Waals surface area (Å²) in [5, 5.41) is -0.0490. The smallest absolute Gasteiger partial charge is 0.170 e. The third kappa shape index (κ3) is 2.99. The summed E-state index contributed by atoms with van der Waals surface area (Å²) in [5.41, 5.74) is 1.75. The van der Waals surface area contributed by atoms with Gasteiger partial charge < -0.3 is 4.74 Å². The number of carbonyl (C=O) groups is 1. The first-order valence-corrected chi connectivity index (χ1v) is 6.51. The fourth-order valence-corrected chi connectivity index (χ4v) is 2.21. The first-order chi connectivity index (χ1) is 9.52. The minimum atomic E-state index is -0.675. The molecule has 0 spiro atoms. The molecule has 104 valence electrons. The monoisotopic (exact) mass is 292 g/mol. The zero-order chi connectivity index (χ0) is 14.7. The van der Waals surface area contributed by atoms with Crippen LogP contribution in [0.4, 0.5) is 4.39 Å². The van der Waals surface area contributed by atoms with Crippen LogP contribution in [0, 0.1) is 12.7 Å². The van der Waals surface area contributed by atoms with Crippen molar-refractivity contribution < 1.29 is 13.9 Å². The van der Waals surface area contributed by atoms with Crippen molar-refractivity contribution in [3.05, 3.63) is 63.9 Å². The molecule has 0 aliphatic carbocycles. The number of hydrogen-bond acceptors (Lipinski definition) is 2. The van der Waals surface area contributed by atoms with E-state index in [0.717, 1.165) is 11.1 Å². The van der Waals surface area contributed by atoms with Crippen LogP contribution in [0.25, 0.3) is 0 Å². The first kappa shape index (κ1) is 14.5. The molecule has 0 aliphatic heterocycles. The Morgan fingerprint density at radius 3 is 2.75 bits per heavy atom. The van der Waals surface area contributed by atoms with Crippen LogP contribution in [-0.2, 0) is 6.42 Å². The van der Waals surface area contributed by atoms with E-state index in [9.17, 15) is 9.18 Å². The number of ether oxygens (including phenoxy) is 1. The molecular weight excluding hydrogens is 279 g/mol. The Bertz CT molecular complexity index is 653. The number of methoxy groups -OCH3 is 1. The number of ketones is 1. The van der Waals surface area contributed by atoms with Crippen molar-refractivity contribution in [3.8, 4) is 5.75 Å². The summed E-state index contributed by atoms with van der Waals surface area (Å²) in [5.74, 6) is -0.383. The Morgan fingerprint density at radius 1 is 1.30 bits per heavy atom. The Hall–Kier alpha value is -1.87. The fourth-order valence-electron chi connectivity index (χ4n) is 2.03. The first-order valence-electron chi connectivity index (χ1n) is 6.13. The molecule has 4 heteroatoms. The number of rotatable bonds is 4. The molecule has 0 saturated carbocycles. The molecule has 0 aliphatic rings. The van der Waals surface area contributed by atoms with Crippen LogP contribution in [0.15, 0.2) is 36.4 Å². The van der Waals surface area contributed by atoms with E-state index in [-0.39, 0.29) is 22.8 Å². The number of Topliss-reactive ketones (excluding diaryl/α,β-unsaturated/α-hetero) is 1. The third-order valence-corrected chi connectivity index (χ3v) is 3.33. The van der Waals surface area contributed by atoms with E-state index in [1.807, 2.05) is 19.1 Å². The van der Waals surface area contributed by atoms with Crippen LogP contribution in [0.3, 0.4) is 0 Å². The zero-order valence-electron chi connectivity index (χ0n) is 11.2. The van der Waals surface area contributed by atoms with Crippen molar-refractivity contribution in [1.29, 1.82) is 0 Å². The van der Waals surface area contributed by atoms with Crippen LogP contribution < -0.4 is 4.74 Å². The van der Waals surface area contributed by atoms with Crippen molar-refractivity contribution >= 4 is 17.4 Å². The van der Waals surface area contributed by atoms with E-state index in [1.165, 1.54) is 12.1 Å². The highest BCUT2D eigenvalue weighted by Crippen LogP contribution is 2.24. The van der Waals surface area contributed by atoms with Gasteiger partial charge in [-0.2, -0.15) is 0 Å². The lowest BCUT2D eigenvalue weighted by Crippen LogP contribution is -2.07. The summed E-state index contributed by atoms with van der Waals surface area (Å²) in [6.07, 6.45) is 0.0715. The summed E-state index contributed by atoms with van der Waals surface area (Å²) in [4.78, 5) is 12.2. The summed E-state index contributed by atoms with van der Waals surface area (Å²) in [6, 6.07) is 9.97. The van der Waals surface area contributed by atoms with Gasteiger partial charge >= 0.3 is 0 Å². The standard InChI is InChI=1S/C16H14ClFO2/c1-10-6-7-15(20-2)11(8-10)9-14(19)12-4-3-5-13(17)16(12)18/h3-8H,9H2,1-2H3. The molecule has 0 saturated heterocycles. The number of aryl methyl sites for hydroxylation is 1. The van der Waals surface area contributed by atoms with Crippen LogP contribution in [0.2, 0.25) is 5.02 Å². The van der Waals surface area contributed by atoms with Crippen molar-refractivity contribution in [2.24, 2.45) is 0 Å². The SMILES string of the molecule is COc1ccc(C)cc1CC(=O)c1cccc(Cl)c1F. The summed E-state index contributed by atoms with van der Waals surface area (Å²) in [7, 11) is 1.54. The maximum absolute atomic E-state index is 13.8. The van der Waals surface area contributed by atoms with Crippen molar-refractivity contribution in [1.82, 2.24) is 0 Å². The molecule has 0 unspecified atom stereocenters. The van der Waals surface area contributed by atoms with Gasteiger partial charge in [-0.05, 0) is 25.1 Å². The lowest BCUT2D eigenvalue weighted by atomic mass is 10.0. The lowest BCUT2D eigenvalue weighted by molar-refractivity contribution is 0.0988. The average molecular weight is 293 g/mol. The maximum Gasteiger partial charge on any atom is 0.170 e. The molecule has 2 aromatic carbocycles. The van der Waals surface area contributed by atoms with Crippen molar-refractivity contribution in [2.45, 2.75) is 13.3 Å². The molecule has 20 heavy (non-hydrogen) atoms. The largest absolute Gasteiger partial charge is 0.496 e. The average Bonchev–Trinajstić information content (AvgIpc) is 2.42. The summed E-state index contributed by atoms with van der Waals surface area (Å²) >= 11 is 5.69. The van der Waals surface area contributed by atoms with E-state index in [0.29, 0.717) is 5.75 Å². The van der Waals surface area contributed by atoms with Gasteiger partial charge in [-0.3, -0.25) is 4.79 Å². The minimum Gasteiger partial charge on any atom is -0.496 e. The molecule has 0 radical (unpaired) electrons. The quantitative estimate of drug-likeness (QED) is 0.789. The normalized spacial score (nSPS) is 10.4. The van der Waals surface area contributed by atoms with E-state index in [2.05, 4.69) is 0 Å². The van der Waals surface area contributed by atoms with E-state index in [4.69, 9.17) is 16.3 Å². The van der Waals surface area contributed by atoms with E-state index >= 15 is 0 Å². The molecule has 0 bridgehead atoms. The maximum atomic E-state index is 13.8. The molecule has 0 aromatic heterocycles. The predicted molar refractivity (Wildman–Crippen MR) is 77.2 cm³/mol.